The van der Waals surface area contributed by atoms with E-state index in [1.165, 1.54) is 12.8 Å². The lowest BCUT2D eigenvalue weighted by molar-refractivity contribution is 0.0529. The van der Waals surface area contributed by atoms with E-state index in [0.717, 1.165) is 75.7 Å². The van der Waals surface area contributed by atoms with Crippen LogP contribution in [0.1, 0.15) is 38.7 Å². The number of aliphatic imine (C=N–C) groups is 1. The van der Waals surface area contributed by atoms with Crippen molar-refractivity contribution in [1.82, 2.24) is 15.6 Å². The summed E-state index contributed by atoms with van der Waals surface area (Å²) in [5, 5.41) is 6.67. The third kappa shape index (κ3) is 7.28. The Bertz CT molecular complexity index is 603. The highest BCUT2D eigenvalue weighted by Crippen LogP contribution is 2.28. The van der Waals surface area contributed by atoms with Crippen molar-refractivity contribution in [3.63, 3.8) is 0 Å². The van der Waals surface area contributed by atoms with E-state index in [4.69, 9.17) is 9.47 Å². The van der Waals surface area contributed by atoms with Crippen molar-refractivity contribution in [2.45, 2.75) is 45.8 Å². The normalized spacial score (nSPS) is 20.3. The van der Waals surface area contributed by atoms with Gasteiger partial charge in [-0.05, 0) is 50.7 Å². The molecule has 0 amide bonds. The lowest BCUT2D eigenvalue weighted by Crippen LogP contribution is -2.41. The standard InChI is InChI=1S/C21H35N5O2/c1-3-22-21(23-9-4-11-27-16-18-5-6-18)25-14-19-7-8-20(24-13-19)26-10-12-28-17(2)15-26/h7-8,13,17-18H,3-6,9-12,14-16H2,1-2H3,(H2,22,23,25). The van der Waals surface area contributed by atoms with Crippen LogP contribution in [-0.2, 0) is 16.0 Å². The number of nitrogens with zero attached hydrogens (tertiary/aromatic N) is 3. The molecule has 1 atom stereocenters. The fourth-order valence-electron chi connectivity index (χ4n) is 3.15. The highest BCUT2D eigenvalue weighted by atomic mass is 16.5. The van der Waals surface area contributed by atoms with Gasteiger partial charge in [-0.2, -0.15) is 0 Å². The predicted octanol–water partition coefficient (Wildman–Crippen LogP) is 2.18. The molecule has 2 aliphatic rings. The van der Waals surface area contributed by atoms with Crippen LogP contribution in [0.2, 0.25) is 0 Å². The molecule has 1 aromatic rings. The van der Waals surface area contributed by atoms with Gasteiger partial charge in [-0.1, -0.05) is 6.07 Å². The lowest BCUT2D eigenvalue weighted by Gasteiger charge is -2.32. The summed E-state index contributed by atoms with van der Waals surface area (Å²) in [6.07, 6.45) is 5.86. The van der Waals surface area contributed by atoms with Crippen LogP contribution in [0.25, 0.3) is 0 Å². The van der Waals surface area contributed by atoms with E-state index in [-0.39, 0.29) is 6.10 Å². The second kappa shape index (κ2) is 11.2. The maximum absolute atomic E-state index is 5.68. The molecule has 0 aromatic carbocycles. The van der Waals surface area contributed by atoms with Crippen molar-refractivity contribution in [2.24, 2.45) is 10.9 Å². The molecule has 3 rings (SSSR count). The molecule has 0 spiro atoms. The summed E-state index contributed by atoms with van der Waals surface area (Å²) in [5.74, 6) is 2.69. The van der Waals surface area contributed by atoms with Crippen molar-refractivity contribution in [3.8, 4) is 0 Å². The Labute approximate surface area is 168 Å². The van der Waals surface area contributed by atoms with E-state index >= 15 is 0 Å². The number of ether oxygens (including phenoxy) is 2. The zero-order valence-corrected chi connectivity index (χ0v) is 17.3. The predicted molar refractivity (Wildman–Crippen MR) is 113 cm³/mol. The van der Waals surface area contributed by atoms with Crippen molar-refractivity contribution in [1.29, 1.82) is 0 Å². The van der Waals surface area contributed by atoms with Crippen molar-refractivity contribution in [3.05, 3.63) is 23.9 Å². The molecule has 0 bridgehead atoms. The molecule has 1 aromatic heterocycles. The number of hydrogen-bond acceptors (Lipinski definition) is 5. The van der Waals surface area contributed by atoms with Crippen LogP contribution >= 0.6 is 0 Å². The fraction of sp³-hybridized carbons (Fsp3) is 0.714. The second-order valence-electron chi connectivity index (χ2n) is 7.65. The zero-order chi connectivity index (χ0) is 19.6. The SMILES string of the molecule is CCNC(=NCc1ccc(N2CCOC(C)C2)nc1)NCCCOCC1CC1. The largest absolute Gasteiger partial charge is 0.381 e. The third-order valence-corrected chi connectivity index (χ3v) is 4.95. The molecule has 0 radical (unpaired) electrons. The number of morpholine rings is 1. The first kappa shape index (κ1) is 20.9. The van der Waals surface area contributed by atoms with Crippen molar-refractivity contribution in [2.75, 3.05) is 50.9 Å². The summed E-state index contributed by atoms with van der Waals surface area (Å²) >= 11 is 0. The summed E-state index contributed by atoms with van der Waals surface area (Å²) in [6, 6.07) is 4.20. The number of pyridine rings is 1. The minimum atomic E-state index is 0.257. The van der Waals surface area contributed by atoms with Crippen LogP contribution in [0.15, 0.2) is 23.3 Å². The van der Waals surface area contributed by atoms with Gasteiger partial charge < -0.3 is 25.0 Å². The Hall–Kier alpha value is -1.86. The molecule has 2 N–H and O–H groups in total. The Morgan fingerprint density at radius 2 is 2.25 bits per heavy atom. The van der Waals surface area contributed by atoms with Gasteiger partial charge in [0.15, 0.2) is 5.96 Å². The zero-order valence-electron chi connectivity index (χ0n) is 17.3. The van der Waals surface area contributed by atoms with Gasteiger partial charge in [0, 0.05) is 45.6 Å². The summed E-state index contributed by atoms with van der Waals surface area (Å²) in [6.45, 7) is 10.8. The maximum Gasteiger partial charge on any atom is 0.191 e. The number of anilines is 1. The summed E-state index contributed by atoms with van der Waals surface area (Å²) in [5.41, 5.74) is 1.11. The second-order valence-corrected chi connectivity index (χ2v) is 7.65. The summed E-state index contributed by atoms with van der Waals surface area (Å²) < 4.78 is 11.3. The first-order valence-corrected chi connectivity index (χ1v) is 10.7. The molecule has 1 saturated carbocycles. The first-order valence-electron chi connectivity index (χ1n) is 10.7. The van der Waals surface area contributed by atoms with Crippen LogP contribution in [0.5, 0.6) is 0 Å². The summed E-state index contributed by atoms with van der Waals surface area (Å²) in [4.78, 5) is 11.6. The van der Waals surface area contributed by atoms with Crippen LogP contribution in [0, 0.1) is 5.92 Å². The Kier molecular flexibility index (Phi) is 8.36. The Morgan fingerprint density at radius 3 is 2.96 bits per heavy atom. The summed E-state index contributed by atoms with van der Waals surface area (Å²) in [7, 11) is 0. The monoisotopic (exact) mass is 389 g/mol. The van der Waals surface area contributed by atoms with Gasteiger partial charge in [0.1, 0.15) is 5.82 Å². The van der Waals surface area contributed by atoms with E-state index in [2.05, 4.69) is 51.5 Å². The van der Waals surface area contributed by atoms with Gasteiger partial charge in [0.25, 0.3) is 0 Å². The van der Waals surface area contributed by atoms with E-state index in [9.17, 15) is 0 Å². The number of aromatic nitrogens is 1. The lowest BCUT2D eigenvalue weighted by atomic mass is 10.2. The average molecular weight is 390 g/mol. The van der Waals surface area contributed by atoms with E-state index < -0.39 is 0 Å². The minimum Gasteiger partial charge on any atom is -0.381 e. The van der Waals surface area contributed by atoms with Crippen LogP contribution in [0.3, 0.4) is 0 Å². The molecule has 156 valence electrons. The quantitative estimate of drug-likeness (QED) is 0.363. The molecule has 1 aliphatic heterocycles. The molecule has 2 heterocycles. The highest BCUT2D eigenvalue weighted by Gasteiger charge is 2.20. The van der Waals surface area contributed by atoms with E-state index in [0.29, 0.717) is 6.54 Å². The molecule has 7 heteroatoms. The first-order chi connectivity index (χ1) is 13.7. The van der Waals surface area contributed by atoms with Gasteiger partial charge in [0.2, 0.25) is 0 Å². The molecule has 28 heavy (non-hydrogen) atoms. The van der Waals surface area contributed by atoms with Crippen molar-refractivity contribution >= 4 is 11.8 Å². The molecule has 7 nitrogen and oxygen atoms in total. The number of guanidine groups is 1. The Balaban J connectivity index is 1.41. The fourth-order valence-corrected chi connectivity index (χ4v) is 3.15. The molecule has 1 aliphatic carbocycles. The highest BCUT2D eigenvalue weighted by molar-refractivity contribution is 5.79. The van der Waals surface area contributed by atoms with Gasteiger partial charge in [-0.3, -0.25) is 0 Å². The van der Waals surface area contributed by atoms with Crippen molar-refractivity contribution < 1.29 is 9.47 Å². The van der Waals surface area contributed by atoms with Gasteiger partial charge >= 0.3 is 0 Å². The smallest absolute Gasteiger partial charge is 0.191 e. The van der Waals surface area contributed by atoms with Gasteiger partial charge in [-0.25, -0.2) is 9.98 Å². The number of hydrogen-bond donors (Lipinski definition) is 2. The van der Waals surface area contributed by atoms with E-state index in [1.807, 2.05) is 6.20 Å². The molecule has 1 saturated heterocycles. The maximum atomic E-state index is 5.68. The third-order valence-electron chi connectivity index (χ3n) is 4.95. The molecule has 1 unspecified atom stereocenters. The topological polar surface area (TPSA) is 71.0 Å². The van der Waals surface area contributed by atoms with Crippen LogP contribution in [-0.4, -0.2) is 63.0 Å². The molecular formula is C21H35N5O2. The number of rotatable bonds is 10. The van der Waals surface area contributed by atoms with Crippen LogP contribution in [0.4, 0.5) is 5.82 Å². The minimum absolute atomic E-state index is 0.257. The van der Waals surface area contributed by atoms with Gasteiger partial charge in [-0.15, -0.1) is 0 Å². The van der Waals surface area contributed by atoms with E-state index in [1.54, 1.807) is 0 Å². The van der Waals surface area contributed by atoms with Crippen LogP contribution < -0.4 is 15.5 Å². The Morgan fingerprint density at radius 1 is 1.36 bits per heavy atom. The van der Waals surface area contributed by atoms with Gasteiger partial charge in [0.05, 0.1) is 19.3 Å². The number of nitrogens with one attached hydrogen (secondary N) is 2. The molecule has 2 fully saturated rings. The average Bonchev–Trinajstić information content (AvgIpc) is 3.53. The molecular weight excluding hydrogens is 354 g/mol.